The molecular formula is C15H16ClFN4. The standard InChI is InChI=1S/C15H16ClFN4/c1-15(2,3)14-19-5-9-7-21(8-12(9)20-14)13-11(17)4-10(16)6-18-13/h4-6H,7-8H2,1-3H3. The van der Waals surface area contributed by atoms with Gasteiger partial charge >= 0.3 is 0 Å². The van der Waals surface area contributed by atoms with Gasteiger partial charge in [0, 0.05) is 29.9 Å². The molecule has 0 saturated heterocycles. The topological polar surface area (TPSA) is 41.9 Å². The molecular weight excluding hydrogens is 291 g/mol. The van der Waals surface area contributed by atoms with Crippen molar-refractivity contribution >= 4 is 17.4 Å². The Morgan fingerprint density at radius 3 is 2.62 bits per heavy atom. The van der Waals surface area contributed by atoms with E-state index in [1.54, 1.807) is 0 Å². The quantitative estimate of drug-likeness (QED) is 0.809. The first kappa shape index (κ1) is 14.2. The van der Waals surface area contributed by atoms with Gasteiger partial charge in [-0.2, -0.15) is 0 Å². The smallest absolute Gasteiger partial charge is 0.167 e. The number of pyridine rings is 1. The van der Waals surface area contributed by atoms with Gasteiger partial charge in [-0.25, -0.2) is 19.3 Å². The third kappa shape index (κ3) is 2.70. The molecule has 2 aromatic rings. The Labute approximate surface area is 128 Å². The zero-order valence-electron chi connectivity index (χ0n) is 12.2. The molecule has 6 heteroatoms. The minimum absolute atomic E-state index is 0.105. The maximum absolute atomic E-state index is 14.0. The van der Waals surface area contributed by atoms with Gasteiger partial charge in [0.15, 0.2) is 11.6 Å². The Morgan fingerprint density at radius 1 is 1.19 bits per heavy atom. The number of nitrogens with zero attached hydrogens (tertiary/aromatic N) is 4. The second kappa shape index (κ2) is 4.91. The van der Waals surface area contributed by atoms with Crippen LogP contribution in [-0.4, -0.2) is 15.0 Å². The molecule has 0 fully saturated rings. The summed E-state index contributed by atoms with van der Waals surface area (Å²) in [7, 11) is 0. The van der Waals surface area contributed by atoms with Crippen molar-refractivity contribution in [2.45, 2.75) is 39.3 Å². The van der Waals surface area contributed by atoms with E-state index in [0.717, 1.165) is 17.1 Å². The van der Waals surface area contributed by atoms with Crippen molar-refractivity contribution in [1.82, 2.24) is 15.0 Å². The van der Waals surface area contributed by atoms with E-state index in [4.69, 9.17) is 11.6 Å². The van der Waals surface area contributed by atoms with Gasteiger partial charge in [0.2, 0.25) is 0 Å². The van der Waals surface area contributed by atoms with Crippen molar-refractivity contribution in [2.24, 2.45) is 0 Å². The van der Waals surface area contributed by atoms with Gasteiger partial charge in [-0.1, -0.05) is 32.4 Å². The fraction of sp³-hybridized carbons (Fsp3) is 0.400. The Morgan fingerprint density at radius 2 is 1.95 bits per heavy atom. The van der Waals surface area contributed by atoms with E-state index >= 15 is 0 Å². The molecule has 1 aliphatic rings. The first-order valence-corrected chi connectivity index (χ1v) is 7.13. The fourth-order valence-corrected chi connectivity index (χ4v) is 2.45. The molecule has 0 saturated carbocycles. The van der Waals surface area contributed by atoms with Crippen LogP contribution in [0.4, 0.5) is 10.2 Å². The van der Waals surface area contributed by atoms with Crippen LogP contribution in [0.3, 0.4) is 0 Å². The van der Waals surface area contributed by atoms with Crippen molar-refractivity contribution in [2.75, 3.05) is 4.90 Å². The SMILES string of the molecule is CC(C)(C)c1ncc2c(n1)CN(c1ncc(Cl)cc1F)C2. The second-order valence-electron chi connectivity index (χ2n) is 6.23. The highest BCUT2D eigenvalue weighted by Crippen LogP contribution is 2.29. The highest BCUT2D eigenvalue weighted by molar-refractivity contribution is 6.30. The molecule has 4 nitrogen and oxygen atoms in total. The monoisotopic (exact) mass is 306 g/mol. The average Bonchev–Trinajstić information content (AvgIpc) is 2.79. The average molecular weight is 307 g/mol. The summed E-state index contributed by atoms with van der Waals surface area (Å²) in [5, 5.41) is 0.294. The van der Waals surface area contributed by atoms with Crippen LogP contribution in [0.15, 0.2) is 18.5 Å². The van der Waals surface area contributed by atoms with Crippen LogP contribution in [0, 0.1) is 5.82 Å². The maximum atomic E-state index is 14.0. The van der Waals surface area contributed by atoms with Crippen LogP contribution in [0.1, 0.15) is 37.9 Å². The highest BCUT2D eigenvalue weighted by Gasteiger charge is 2.27. The van der Waals surface area contributed by atoms with E-state index in [2.05, 4.69) is 35.7 Å². The van der Waals surface area contributed by atoms with Crippen molar-refractivity contribution in [1.29, 1.82) is 0 Å². The summed E-state index contributed by atoms with van der Waals surface area (Å²) in [6.45, 7) is 7.31. The Bertz CT molecular complexity index is 697. The molecule has 0 aromatic carbocycles. The van der Waals surface area contributed by atoms with Crippen molar-refractivity contribution in [3.63, 3.8) is 0 Å². The zero-order chi connectivity index (χ0) is 15.2. The summed E-state index contributed by atoms with van der Waals surface area (Å²) in [4.78, 5) is 15.0. The highest BCUT2D eigenvalue weighted by atomic mass is 35.5. The molecule has 110 valence electrons. The van der Waals surface area contributed by atoms with Crippen LogP contribution < -0.4 is 4.90 Å². The van der Waals surface area contributed by atoms with Crippen LogP contribution in [0.25, 0.3) is 0 Å². The predicted octanol–water partition coefficient (Wildman–Crippen LogP) is 3.48. The van der Waals surface area contributed by atoms with E-state index in [-0.39, 0.29) is 5.41 Å². The molecule has 2 aromatic heterocycles. The van der Waals surface area contributed by atoms with Crippen molar-refractivity contribution in [3.8, 4) is 0 Å². The molecule has 0 radical (unpaired) electrons. The maximum Gasteiger partial charge on any atom is 0.167 e. The van der Waals surface area contributed by atoms with Gasteiger partial charge in [-0.05, 0) is 6.07 Å². The summed E-state index contributed by atoms with van der Waals surface area (Å²) >= 11 is 5.74. The third-order valence-electron chi connectivity index (χ3n) is 3.41. The molecule has 3 heterocycles. The first-order chi connectivity index (χ1) is 9.84. The molecule has 0 bridgehead atoms. The molecule has 0 spiro atoms. The molecule has 0 unspecified atom stereocenters. The molecule has 0 atom stereocenters. The lowest BCUT2D eigenvalue weighted by atomic mass is 9.95. The summed E-state index contributed by atoms with van der Waals surface area (Å²) in [6, 6.07) is 1.28. The minimum Gasteiger partial charge on any atom is -0.344 e. The van der Waals surface area contributed by atoms with E-state index in [9.17, 15) is 4.39 Å². The Hall–Kier alpha value is -1.75. The van der Waals surface area contributed by atoms with Gasteiger partial charge in [-0.3, -0.25) is 0 Å². The molecule has 0 aliphatic carbocycles. The van der Waals surface area contributed by atoms with Gasteiger partial charge in [0.25, 0.3) is 0 Å². The van der Waals surface area contributed by atoms with Crippen molar-refractivity contribution in [3.05, 3.63) is 46.4 Å². The number of anilines is 1. The number of rotatable bonds is 1. The third-order valence-corrected chi connectivity index (χ3v) is 3.62. The molecule has 0 amide bonds. The first-order valence-electron chi connectivity index (χ1n) is 6.76. The van der Waals surface area contributed by atoms with E-state index in [1.165, 1.54) is 12.3 Å². The zero-order valence-corrected chi connectivity index (χ0v) is 12.9. The van der Waals surface area contributed by atoms with Crippen LogP contribution in [0.5, 0.6) is 0 Å². The van der Waals surface area contributed by atoms with Crippen LogP contribution in [0.2, 0.25) is 5.02 Å². The largest absolute Gasteiger partial charge is 0.344 e. The summed E-state index contributed by atoms with van der Waals surface area (Å²) in [5.74, 6) is 0.682. The molecule has 3 rings (SSSR count). The Kier molecular flexibility index (Phi) is 3.32. The van der Waals surface area contributed by atoms with Gasteiger partial charge < -0.3 is 4.90 Å². The predicted molar refractivity (Wildman–Crippen MR) is 79.8 cm³/mol. The normalized spacial score (nSPS) is 14.4. The number of fused-ring (bicyclic) bond motifs is 1. The lowest BCUT2D eigenvalue weighted by Crippen LogP contribution is -2.18. The van der Waals surface area contributed by atoms with Gasteiger partial charge in [0.05, 0.1) is 17.3 Å². The second-order valence-corrected chi connectivity index (χ2v) is 6.67. The van der Waals surface area contributed by atoms with Gasteiger partial charge in [-0.15, -0.1) is 0 Å². The molecule has 21 heavy (non-hydrogen) atoms. The van der Waals surface area contributed by atoms with Crippen LogP contribution >= 0.6 is 11.6 Å². The van der Waals surface area contributed by atoms with Crippen molar-refractivity contribution < 1.29 is 4.39 Å². The molecule has 1 aliphatic heterocycles. The fourth-order valence-electron chi connectivity index (χ4n) is 2.30. The van der Waals surface area contributed by atoms with Gasteiger partial charge in [0.1, 0.15) is 5.82 Å². The Balaban J connectivity index is 1.91. The number of hydrogen-bond acceptors (Lipinski definition) is 4. The number of hydrogen-bond donors (Lipinski definition) is 0. The minimum atomic E-state index is -0.417. The lowest BCUT2D eigenvalue weighted by Gasteiger charge is -2.17. The van der Waals surface area contributed by atoms with E-state index < -0.39 is 5.82 Å². The summed E-state index contributed by atoms with van der Waals surface area (Å²) in [5.41, 5.74) is 1.84. The number of halogens is 2. The van der Waals surface area contributed by atoms with E-state index in [1.807, 2.05) is 11.1 Å². The lowest BCUT2D eigenvalue weighted by molar-refractivity contribution is 0.541. The van der Waals surface area contributed by atoms with E-state index in [0.29, 0.717) is 23.9 Å². The number of aromatic nitrogens is 3. The summed E-state index contributed by atoms with van der Waals surface area (Å²) < 4.78 is 14.0. The molecule has 0 N–H and O–H groups in total. The van der Waals surface area contributed by atoms with Crippen LogP contribution in [-0.2, 0) is 18.5 Å². The summed E-state index contributed by atoms with van der Waals surface area (Å²) in [6.07, 6.45) is 3.28.